The number of rotatable bonds is 2. The van der Waals surface area contributed by atoms with E-state index >= 15 is 0 Å². The minimum absolute atomic E-state index is 0.0559. The molecule has 1 amide bonds. The standard InChI is InChI=1S/C13H17BrN2O/c1-9-8-10(14)4-5-11(9)16-12(17)13(2)6-3-7-15-13/h4-5,8,15H,3,6-7H2,1-2H3,(H,16,17). The Morgan fingerprint density at radius 2 is 2.29 bits per heavy atom. The molecule has 1 heterocycles. The summed E-state index contributed by atoms with van der Waals surface area (Å²) in [5, 5.41) is 6.26. The number of aryl methyl sites for hydroxylation is 1. The number of hydrogen-bond acceptors (Lipinski definition) is 2. The summed E-state index contributed by atoms with van der Waals surface area (Å²) in [4.78, 5) is 12.2. The highest BCUT2D eigenvalue weighted by Gasteiger charge is 2.35. The molecule has 1 aliphatic heterocycles. The van der Waals surface area contributed by atoms with Gasteiger partial charge in [0, 0.05) is 10.2 Å². The summed E-state index contributed by atoms with van der Waals surface area (Å²) in [5.74, 6) is 0.0559. The Kier molecular flexibility index (Phi) is 3.54. The minimum atomic E-state index is -0.417. The van der Waals surface area contributed by atoms with E-state index in [1.807, 2.05) is 32.0 Å². The lowest BCUT2D eigenvalue weighted by atomic mass is 9.99. The molecule has 1 aromatic carbocycles. The van der Waals surface area contributed by atoms with Gasteiger partial charge in [-0.25, -0.2) is 0 Å². The molecule has 0 aliphatic carbocycles. The molecule has 1 aromatic rings. The maximum absolute atomic E-state index is 12.2. The largest absolute Gasteiger partial charge is 0.324 e. The van der Waals surface area contributed by atoms with Crippen LogP contribution in [0.3, 0.4) is 0 Å². The smallest absolute Gasteiger partial charge is 0.244 e. The molecule has 0 aromatic heterocycles. The molecular weight excluding hydrogens is 280 g/mol. The molecule has 4 heteroatoms. The van der Waals surface area contributed by atoms with Crippen molar-refractivity contribution in [3.63, 3.8) is 0 Å². The topological polar surface area (TPSA) is 41.1 Å². The van der Waals surface area contributed by atoms with Crippen LogP contribution in [0.2, 0.25) is 0 Å². The third kappa shape index (κ3) is 2.69. The number of amides is 1. The second kappa shape index (κ2) is 4.78. The number of carbonyl (C=O) groups is 1. The number of anilines is 1. The zero-order chi connectivity index (χ0) is 12.5. The van der Waals surface area contributed by atoms with Crippen LogP contribution in [-0.2, 0) is 4.79 Å². The van der Waals surface area contributed by atoms with Crippen molar-refractivity contribution in [2.24, 2.45) is 0 Å². The van der Waals surface area contributed by atoms with E-state index in [0.29, 0.717) is 0 Å². The van der Waals surface area contributed by atoms with Crippen molar-refractivity contribution >= 4 is 27.5 Å². The Hall–Kier alpha value is -0.870. The van der Waals surface area contributed by atoms with Gasteiger partial charge in [-0.1, -0.05) is 15.9 Å². The van der Waals surface area contributed by atoms with Crippen LogP contribution >= 0.6 is 15.9 Å². The van der Waals surface area contributed by atoms with Crippen molar-refractivity contribution in [3.8, 4) is 0 Å². The van der Waals surface area contributed by atoms with Crippen molar-refractivity contribution < 1.29 is 4.79 Å². The minimum Gasteiger partial charge on any atom is -0.324 e. The van der Waals surface area contributed by atoms with Gasteiger partial charge in [-0.3, -0.25) is 4.79 Å². The van der Waals surface area contributed by atoms with E-state index in [0.717, 1.165) is 35.1 Å². The fraction of sp³-hybridized carbons (Fsp3) is 0.462. The van der Waals surface area contributed by atoms with Gasteiger partial charge in [0.1, 0.15) is 0 Å². The van der Waals surface area contributed by atoms with Gasteiger partial charge in [0.2, 0.25) is 5.91 Å². The van der Waals surface area contributed by atoms with E-state index in [1.54, 1.807) is 0 Å². The van der Waals surface area contributed by atoms with Gasteiger partial charge < -0.3 is 10.6 Å². The van der Waals surface area contributed by atoms with Gasteiger partial charge in [-0.15, -0.1) is 0 Å². The lowest BCUT2D eigenvalue weighted by Crippen LogP contribution is -2.48. The third-order valence-electron chi connectivity index (χ3n) is 3.31. The molecule has 0 spiro atoms. The highest BCUT2D eigenvalue weighted by Crippen LogP contribution is 2.24. The van der Waals surface area contributed by atoms with Crippen LogP contribution in [0.15, 0.2) is 22.7 Å². The Bertz CT molecular complexity index is 439. The summed E-state index contributed by atoms with van der Waals surface area (Å²) in [7, 11) is 0. The summed E-state index contributed by atoms with van der Waals surface area (Å²) in [5.41, 5.74) is 1.53. The van der Waals surface area contributed by atoms with Crippen LogP contribution in [-0.4, -0.2) is 18.0 Å². The van der Waals surface area contributed by atoms with Gasteiger partial charge in [0.15, 0.2) is 0 Å². The molecule has 1 fully saturated rings. The van der Waals surface area contributed by atoms with Crippen LogP contribution in [0.4, 0.5) is 5.69 Å². The van der Waals surface area contributed by atoms with Gasteiger partial charge >= 0.3 is 0 Å². The zero-order valence-electron chi connectivity index (χ0n) is 10.1. The van der Waals surface area contributed by atoms with Gasteiger partial charge in [0.05, 0.1) is 5.54 Å². The van der Waals surface area contributed by atoms with Crippen molar-refractivity contribution in [1.29, 1.82) is 0 Å². The first-order valence-corrected chi connectivity index (χ1v) is 6.63. The monoisotopic (exact) mass is 296 g/mol. The summed E-state index contributed by atoms with van der Waals surface area (Å²) in [6.07, 6.45) is 1.96. The molecule has 0 bridgehead atoms. The Balaban J connectivity index is 2.13. The van der Waals surface area contributed by atoms with Crippen LogP contribution in [0.1, 0.15) is 25.3 Å². The molecular formula is C13H17BrN2O. The Morgan fingerprint density at radius 3 is 2.88 bits per heavy atom. The van der Waals surface area contributed by atoms with Crippen LogP contribution in [0.25, 0.3) is 0 Å². The maximum Gasteiger partial charge on any atom is 0.244 e. The van der Waals surface area contributed by atoms with E-state index in [9.17, 15) is 4.79 Å². The highest BCUT2D eigenvalue weighted by molar-refractivity contribution is 9.10. The molecule has 17 heavy (non-hydrogen) atoms. The van der Waals surface area contributed by atoms with Crippen molar-refractivity contribution in [3.05, 3.63) is 28.2 Å². The van der Waals surface area contributed by atoms with E-state index in [-0.39, 0.29) is 5.91 Å². The average Bonchev–Trinajstić information content (AvgIpc) is 2.71. The molecule has 1 atom stereocenters. The molecule has 0 radical (unpaired) electrons. The maximum atomic E-state index is 12.2. The fourth-order valence-electron chi connectivity index (χ4n) is 2.12. The van der Waals surface area contributed by atoms with E-state index in [1.165, 1.54) is 0 Å². The van der Waals surface area contributed by atoms with Crippen LogP contribution in [0.5, 0.6) is 0 Å². The molecule has 2 N–H and O–H groups in total. The highest BCUT2D eigenvalue weighted by atomic mass is 79.9. The average molecular weight is 297 g/mol. The normalized spacial score (nSPS) is 23.7. The molecule has 1 unspecified atom stereocenters. The van der Waals surface area contributed by atoms with E-state index < -0.39 is 5.54 Å². The Morgan fingerprint density at radius 1 is 1.53 bits per heavy atom. The van der Waals surface area contributed by atoms with Gasteiger partial charge in [-0.2, -0.15) is 0 Å². The van der Waals surface area contributed by atoms with Gasteiger partial charge in [-0.05, 0) is 57.0 Å². The van der Waals surface area contributed by atoms with Crippen molar-refractivity contribution in [2.45, 2.75) is 32.2 Å². The molecule has 0 saturated carbocycles. The van der Waals surface area contributed by atoms with E-state index in [4.69, 9.17) is 0 Å². The molecule has 92 valence electrons. The molecule has 3 nitrogen and oxygen atoms in total. The molecule has 1 saturated heterocycles. The second-order valence-electron chi connectivity index (χ2n) is 4.78. The predicted octanol–water partition coefficient (Wildman–Crippen LogP) is 2.84. The number of benzene rings is 1. The third-order valence-corrected chi connectivity index (χ3v) is 3.80. The number of halogens is 1. The van der Waals surface area contributed by atoms with Gasteiger partial charge in [0.25, 0.3) is 0 Å². The number of carbonyl (C=O) groups excluding carboxylic acids is 1. The second-order valence-corrected chi connectivity index (χ2v) is 5.69. The first-order chi connectivity index (χ1) is 8.01. The number of nitrogens with one attached hydrogen (secondary N) is 2. The zero-order valence-corrected chi connectivity index (χ0v) is 11.7. The van der Waals surface area contributed by atoms with Crippen molar-refractivity contribution in [1.82, 2.24) is 5.32 Å². The quantitative estimate of drug-likeness (QED) is 0.881. The SMILES string of the molecule is Cc1cc(Br)ccc1NC(=O)C1(C)CCCN1. The van der Waals surface area contributed by atoms with Crippen LogP contribution in [0, 0.1) is 6.92 Å². The van der Waals surface area contributed by atoms with Crippen LogP contribution < -0.4 is 10.6 Å². The first-order valence-electron chi connectivity index (χ1n) is 5.84. The predicted molar refractivity (Wildman–Crippen MR) is 73.2 cm³/mol. The van der Waals surface area contributed by atoms with E-state index in [2.05, 4.69) is 26.6 Å². The summed E-state index contributed by atoms with van der Waals surface area (Å²) < 4.78 is 1.03. The fourth-order valence-corrected chi connectivity index (χ4v) is 2.59. The summed E-state index contributed by atoms with van der Waals surface area (Å²) in [6.45, 7) is 4.87. The Labute approximate surface area is 110 Å². The molecule has 2 rings (SSSR count). The molecule has 1 aliphatic rings. The lowest BCUT2D eigenvalue weighted by molar-refractivity contribution is -0.121. The van der Waals surface area contributed by atoms with Crippen molar-refractivity contribution in [2.75, 3.05) is 11.9 Å². The summed E-state index contributed by atoms with van der Waals surface area (Å²) in [6, 6.07) is 5.86. The summed E-state index contributed by atoms with van der Waals surface area (Å²) >= 11 is 3.41. The number of hydrogen-bond donors (Lipinski definition) is 2. The first kappa shape index (κ1) is 12.6. The lowest BCUT2D eigenvalue weighted by Gasteiger charge is -2.23.